The van der Waals surface area contributed by atoms with Gasteiger partial charge in [-0.2, -0.15) is 0 Å². The van der Waals surface area contributed by atoms with Crippen molar-refractivity contribution in [2.75, 3.05) is 58.5 Å². The monoisotopic (exact) mass is 846 g/mol. The molecule has 3 fully saturated rings. The number of benzene rings is 2. The van der Waals surface area contributed by atoms with Gasteiger partial charge in [0.25, 0.3) is 0 Å². The van der Waals surface area contributed by atoms with Crippen LogP contribution in [0, 0.1) is 12.8 Å². The minimum absolute atomic E-state index is 0.0273. The summed E-state index contributed by atoms with van der Waals surface area (Å²) in [6, 6.07) is 5.49. The van der Waals surface area contributed by atoms with E-state index in [2.05, 4.69) is 21.3 Å². The molecule has 2 aromatic carbocycles. The van der Waals surface area contributed by atoms with Crippen LogP contribution in [0.25, 0.3) is 0 Å². The summed E-state index contributed by atoms with van der Waals surface area (Å²) in [5, 5.41) is 21.3. The van der Waals surface area contributed by atoms with Crippen LogP contribution in [0.4, 0.5) is 10.5 Å². The third-order valence-electron chi connectivity index (χ3n) is 11.8. The number of fused-ring (bicyclic) bond motifs is 1. The first kappa shape index (κ1) is 44.8. The minimum atomic E-state index is -1.45. The third-order valence-corrected chi connectivity index (χ3v) is 11.8. The van der Waals surface area contributed by atoms with E-state index in [1.807, 2.05) is 50.1 Å². The molecule has 0 bridgehead atoms. The molecule has 61 heavy (non-hydrogen) atoms. The van der Waals surface area contributed by atoms with Gasteiger partial charge in [0.15, 0.2) is 17.3 Å². The Kier molecular flexibility index (Phi) is 14.5. The number of anilines is 1. The SMILES string of the molecule is CCC(=O)[C@@H]1C[C@@H](C)CN1C(=O)[C@H](C)NC(=O)[C@@H]1CN(C)CCN1C(=O)[C@@H]1CCCN1C(=O)[C@H](CO)NC(=O)[C@H](Cc1cccc(C)c1)NC(=O)Nc1ccc2c(c1)OCO2. The average molecular weight is 847 g/mol. The molecule has 4 aliphatic heterocycles. The summed E-state index contributed by atoms with van der Waals surface area (Å²) in [7, 11) is 1.82. The van der Waals surface area contributed by atoms with Gasteiger partial charge in [-0.25, -0.2) is 4.79 Å². The van der Waals surface area contributed by atoms with Gasteiger partial charge >= 0.3 is 6.03 Å². The summed E-state index contributed by atoms with van der Waals surface area (Å²) < 4.78 is 10.7. The Bertz CT molecular complexity index is 2000. The topological polar surface area (TPSA) is 219 Å². The molecule has 18 heteroatoms. The van der Waals surface area contributed by atoms with Crippen molar-refractivity contribution in [3.63, 3.8) is 0 Å². The van der Waals surface area contributed by atoms with E-state index < -0.39 is 72.5 Å². The van der Waals surface area contributed by atoms with E-state index in [1.54, 1.807) is 36.9 Å². The lowest BCUT2D eigenvalue weighted by atomic mass is 10.0. The Morgan fingerprint density at radius 3 is 2.34 bits per heavy atom. The van der Waals surface area contributed by atoms with Gasteiger partial charge in [0.1, 0.15) is 30.2 Å². The van der Waals surface area contributed by atoms with E-state index in [-0.39, 0.29) is 50.5 Å². The molecule has 2 aromatic rings. The highest BCUT2D eigenvalue weighted by molar-refractivity contribution is 5.98. The molecule has 18 nitrogen and oxygen atoms in total. The molecule has 7 amide bonds. The number of ether oxygens (including phenoxy) is 2. The maximum atomic E-state index is 14.4. The van der Waals surface area contributed by atoms with Crippen molar-refractivity contribution in [2.45, 2.75) is 96.1 Å². The fraction of sp³-hybridized carbons (Fsp3) is 0.558. The van der Waals surface area contributed by atoms with Crippen molar-refractivity contribution in [1.82, 2.24) is 35.6 Å². The number of nitrogens with one attached hydrogen (secondary N) is 4. The highest BCUT2D eigenvalue weighted by Crippen LogP contribution is 2.34. The van der Waals surface area contributed by atoms with Gasteiger partial charge in [0.05, 0.1) is 12.6 Å². The molecular formula is C43H58N8O10. The van der Waals surface area contributed by atoms with Crippen LogP contribution in [0.15, 0.2) is 42.5 Å². The summed E-state index contributed by atoms with van der Waals surface area (Å²) >= 11 is 0. The standard InChI is InChI=1S/C43H58N8O10/c1-6-35(53)33-18-26(3)21-51(33)40(56)27(4)44-39(55)34-22-48(5)15-16-50(34)42(58)32-11-8-14-49(32)41(57)31(23-52)46-38(54)30(19-28-10-7-9-25(2)17-28)47-43(59)45-29-12-13-36-37(20-29)61-24-60-36/h7,9-10,12-13,17,20,26-27,30-34,52H,6,8,11,14-16,18-19,21-24H2,1-5H3,(H,44,55)(H,46,54)(H2,45,47,59)/t26-,27+,30+,31+,32+,33+,34+/m1/s1. The van der Waals surface area contributed by atoms with Crippen LogP contribution in [0.2, 0.25) is 0 Å². The van der Waals surface area contributed by atoms with Gasteiger partial charge in [-0.15, -0.1) is 0 Å². The molecule has 0 radical (unpaired) electrons. The fourth-order valence-corrected chi connectivity index (χ4v) is 8.58. The number of likely N-dealkylation sites (N-methyl/N-ethyl adjacent to an activating group) is 1. The van der Waals surface area contributed by atoms with Gasteiger partial charge in [-0.3, -0.25) is 28.8 Å². The number of aliphatic hydroxyl groups excluding tert-OH is 1. The summed E-state index contributed by atoms with van der Waals surface area (Å²) in [5.74, 6) is -1.67. The maximum absolute atomic E-state index is 14.4. The van der Waals surface area contributed by atoms with E-state index >= 15 is 0 Å². The number of hydrogen-bond donors (Lipinski definition) is 5. The van der Waals surface area contributed by atoms with Crippen LogP contribution >= 0.6 is 0 Å². The third kappa shape index (κ3) is 10.6. The summed E-state index contributed by atoms with van der Waals surface area (Å²) in [6.07, 6.45) is 1.69. The van der Waals surface area contributed by atoms with Crippen LogP contribution in [0.5, 0.6) is 11.5 Å². The van der Waals surface area contributed by atoms with Crippen LogP contribution in [0.3, 0.4) is 0 Å². The Labute approximate surface area is 355 Å². The molecule has 0 aromatic heterocycles. The summed E-state index contributed by atoms with van der Waals surface area (Å²) in [5.41, 5.74) is 2.07. The lowest BCUT2D eigenvalue weighted by Crippen LogP contribution is -2.65. The quantitative estimate of drug-likeness (QED) is 0.179. The molecule has 0 unspecified atom stereocenters. The molecule has 7 atom stereocenters. The molecule has 0 aliphatic carbocycles. The number of aliphatic hydroxyl groups is 1. The number of aryl methyl sites for hydroxylation is 1. The molecule has 330 valence electrons. The molecule has 4 heterocycles. The number of likely N-dealkylation sites (tertiary alicyclic amines) is 2. The van der Waals surface area contributed by atoms with Crippen molar-refractivity contribution in [1.29, 1.82) is 0 Å². The lowest BCUT2D eigenvalue weighted by Gasteiger charge is -2.41. The van der Waals surface area contributed by atoms with Crippen molar-refractivity contribution in [2.24, 2.45) is 5.92 Å². The highest BCUT2D eigenvalue weighted by atomic mass is 16.7. The Hall–Kier alpha value is -5.75. The van der Waals surface area contributed by atoms with Crippen LogP contribution in [0.1, 0.15) is 57.6 Å². The zero-order chi connectivity index (χ0) is 44.0. The number of hydrogen-bond acceptors (Lipinski definition) is 11. The number of urea groups is 1. The second-order valence-electron chi connectivity index (χ2n) is 16.6. The molecule has 0 spiro atoms. The van der Waals surface area contributed by atoms with Crippen molar-refractivity contribution >= 4 is 47.0 Å². The number of nitrogens with zero attached hydrogens (tertiary/aromatic N) is 4. The van der Waals surface area contributed by atoms with Crippen molar-refractivity contribution in [3.05, 3.63) is 53.6 Å². The van der Waals surface area contributed by atoms with E-state index in [4.69, 9.17) is 9.47 Å². The summed E-state index contributed by atoms with van der Waals surface area (Å²) in [4.78, 5) is 102. The van der Waals surface area contributed by atoms with Gasteiger partial charge in [-0.1, -0.05) is 43.7 Å². The second-order valence-corrected chi connectivity index (χ2v) is 16.6. The molecule has 6 rings (SSSR count). The van der Waals surface area contributed by atoms with Gasteiger partial charge < -0.3 is 55.4 Å². The van der Waals surface area contributed by atoms with Crippen molar-refractivity contribution in [3.8, 4) is 11.5 Å². The van der Waals surface area contributed by atoms with Crippen molar-refractivity contribution < 1.29 is 48.1 Å². The predicted octanol–water partition coefficient (Wildman–Crippen LogP) is 0.788. The largest absolute Gasteiger partial charge is 0.454 e. The van der Waals surface area contributed by atoms with Crippen LogP contribution in [-0.2, 0) is 35.2 Å². The number of carbonyl (C=O) groups excluding carboxylic acids is 7. The minimum Gasteiger partial charge on any atom is -0.454 e. The fourth-order valence-electron chi connectivity index (χ4n) is 8.58. The van der Waals surface area contributed by atoms with E-state index in [1.165, 1.54) is 9.80 Å². The smallest absolute Gasteiger partial charge is 0.319 e. The normalized spacial score (nSPS) is 22.6. The number of Topliss-reactive ketones (excluding diaryl/α,β-unsaturated/α-hetero) is 1. The number of carbonyl (C=O) groups is 7. The van der Waals surface area contributed by atoms with E-state index in [0.29, 0.717) is 56.0 Å². The van der Waals surface area contributed by atoms with E-state index in [9.17, 15) is 38.7 Å². The zero-order valence-corrected chi connectivity index (χ0v) is 35.5. The molecule has 4 aliphatic rings. The lowest BCUT2D eigenvalue weighted by molar-refractivity contribution is -0.152. The Morgan fingerprint density at radius 2 is 1.61 bits per heavy atom. The number of rotatable bonds is 14. The first-order chi connectivity index (χ1) is 29.2. The van der Waals surface area contributed by atoms with Crippen LogP contribution < -0.4 is 30.7 Å². The first-order valence-corrected chi connectivity index (χ1v) is 21.0. The van der Waals surface area contributed by atoms with Gasteiger partial charge in [0.2, 0.25) is 36.3 Å². The first-order valence-electron chi connectivity index (χ1n) is 21.0. The molecule has 0 saturated carbocycles. The summed E-state index contributed by atoms with van der Waals surface area (Å²) in [6.45, 7) is 7.90. The molecule has 5 N–H and O–H groups in total. The predicted molar refractivity (Wildman–Crippen MR) is 222 cm³/mol. The van der Waals surface area contributed by atoms with Gasteiger partial charge in [-0.05, 0) is 63.8 Å². The Balaban J connectivity index is 1.12. The van der Waals surface area contributed by atoms with E-state index in [0.717, 1.165) is 11.1 Å². The number of amides is 7. The maximum Gasteiger partial charge on any atom is 0.319 e. The number of piperazine rings is 1. The number of ketones is 1. The average Bonchev–Trinajstić information content (AvgIpc) is 4.01. The Morgan fingerprint density at radius 1 is 0.836 bits per heavy atom. The molecular weight excluding hydrogens is 789 g/mol. The van der Waals surface area contributed by atoms with Gasteiger partial charge in [0, 0.05) is 57.3 Å². The highest BCUT2D eigenvalue weighted by Gasteiger charge is 2.45. The molecule has 3 saturated heterocycles. The van der Waals surface area contributed by atoms with Crippen LogP contribution in [-0.4, -0.2) is 155 Å². The second kappa shape index (κ2) is 19.8. The zero-order valence-electron chi connectivity index (χ0n) is 35.5.